The van der Waals surface area contributed by atoms with E-state index in [1.807, 2.05) is 0 Å². The molecule has 2 N–H and O–H groups in total. The van der Waals surface area contributed by atoms with Gasteiger partial charge < -0.3 is 10.6 Å². The molecular formula is C8H18N2. The Morgan fingerprint density at radius 2 is 2.40 bits per heavy atom. The van der Waals surface area contributed by atoms with Crippen LogP contribution in [0.4, 0.5) is 0 Å². The van der Waals surface area contributed by atoms with Crippen LogP contribution in [0.15, 0.2) is 0 Å². The highest BCUT2D eigenvalue weighted by Crippen LogP contribution is 2.10. The summed E-state index contributed by atoms with van der Waals surface area (Å²) in [5.74, 6) is 0.848. The Bertz CT molecular complexity index is 91.3. The molecular weight excluding hydrogens is 124 g/mol. The third-order valence-corrected chi connectivity index (χ3v) is 2.29. The van der Waals surface area contributed by atoms with Crippen molar-refractivity contribution in [3.05, 3.63) is 0 Å². The van der Waals surface area contributed by atoms with E-state index in [9.17, 15) is 0 Å². The molecule has 1 heterocycles. The number of rotatable bonds is 2. The molecule has 0 aliphatic carbocycles. The first-order chi connectivity index (χ1) is 4.84. The second-order valence-electron chi connectivity index (χ2n) is 3.13. The van der Waals surface area contributed by atoms with Gasteiger partial charge in [-0.05, 0) is 25.4 Å². The van der Waals surface area contributed by atoms with Crippen LogP contribution in [0.25, 0.3) is 0 Å². The standard InChI is InChI=1S/C8H18N2/c1-3-10-8-6-9-5-4-7(8)2/h7-10H,3-6H2,1-2H3. The average Bonchev–Trinajstić information content (AvgIpc) is 1.94. The van der Waals surface area contributed by atoms with Crippen LogP contribution in [-0.4, -0.2) is 25.7 Å². The zero-order valence-electron chi connectivity index (χ0n) is 6.98. The zero-order chi connectivity index (χ0) is 7.40. The van der Waals surface area contributed by atoms with E-state index in [-0.39, 0.29) is 0 Å². The van der Waals surface area contributed by atoms with Gasteiger partial charge in [0.1, 0.15) is 0 Å². The molecule has 0 aromatic heterocycles. The minimum Gasteiger partial charge on any atom is -0.315 e. The molecule has 2 heteroatoms. The lowest BCUT2D eigenvalue weighted by Gasteiger charge is -2.29. The Labute approximate surface area is 63.4 Å². The molecule has 1 aliphatic rings. The number of hydrogen-bond acceptors (Lipinski definition) is 2. The van der Waals surface area contributed by atoms with E-state index < -0.39 is 0 Å². The topological polar surface area (TPSA) is 24.1 Å². The van der Waals surface area contributed by atoms with Crippen molar-refractivity contribution in [2.45, 2.75) is 26.3 Å². The molecule has 0 radical (unpaired) electrons. The van der Waals surface area contributed by atoms with Gasteiger partial charge >= 0.3 is 0 Å². The molecule has 1 saturated heterocycles. The van der Waals surface area contributed by atoms with Crippen LogP contribution in [0.2, 0.25) is 0 Å². The summed E-state index contributed by atoms with van der Waals surface area (Å²) in [7, 11) is 0. The molecule has 0 amide bonds. The van der Waals surface area contributed by atoms with Gasteiger partial charge in [-0.15, -0.1) is 0 Å². The normalized spacial score (nSPS) is 34.2. The second-order valence-corrected chi connectivity index (χ2v) is 3.13. The highest BCUT2D eigenvalue weighted by molar-refractivity contribution is 4.79. The summed E-state index contributed by atoms with van der Waals surface area (Å²) >= 11 is 0. The summed E-state index contributed by atoms with van der Waals surface area (Å²) in [5.41, 5.74) is 0. The molecule has 0 bridgehead atoms. The van der Waals surface area contributed by atoms with Gasteiger partial charge in [-0.1, -0.05) is 13.8 Å². The molecule has 2 nitrogen and oxygen atoms in total. The van der Waals surface area contributed by atoms with E-state index in [1.54, 1.807) is 0 Å². The maximum absolute atomic E-state index is 3.47. The van der Waals surface area contributed by atoms with Crippen LogP contribution < -0.4 is 10.6 Å². The quantitative estimate of drug-likeness (QED) is 0.590. The lowest BCUT2D eigenvalue weighted by atomic mass is 9.95. The Morgan fingerprint density at radius 3 is 3.00 bits per heavy atom. The van der Waals surface area contributed by atoms with Crippen LogP contribution in [0.5, 0.6) is 0 Å². The monoisotopic (exact) mass is 142 g/mol. The molecule has 60 valence electrons. The van der Waals surface area contributed by atoms with Crippen LogP contribution >= 0.6 is 0 Å². The third kappa shape index (κ3) is 1.96. The summed E-state index contributed by atoms with van der Waals surface area (Å²) in [6, 6.07) is 0.707. The maximum Gasteiger partial charge on any atom is 0.0218 e. The Balaban J connectivity index is 2.25. The van der Waals surface area contributed by atoms with Gasteiger partial charge in [0.2, 0.25) is 0 Å². The largest absolute Gasteiger partial charge is 0.315 e. The molecule has 1 aliphatic heterocycles. The highest BCUT2D eigenvalue weighted by atomic mass is 15.0. The summed E-state index contributed by atoms with van der Waals surface area (Å²) in [6.07, 6.45) is 1.32. The summed E-state index contributed by atoms with van der Waals surface area (Å²) < 4.78 is 0. The van der Waals surface area contributed by atoms with E-state index >= 15 is 0 Å². The van der Waals surface area contributed by atoms with E-state index in [0.29, 0.717) is 6.04 Å². The van der Waals surface area contributed by atoms with E-state index in [1.165, 1.54) is 13.0 Å². The number of hydrogen-bond donors (Lipinski definition) is 2. The lowest BCUT2D eigenvalue weighted by Crippen LogP contribution is -2.47. The number of likely N-dealkylation sites (N-methyl/N-ethyl adjacent to an activating group) is 1. The van der Waals surface area contributed by atoms with Crippen molar-refractivity contribution in [1.29, 1.82) is 0 Å². The summed E-state index contributed by atoms with van der Waals surface area (Å²) in [4.78, 5) is 0. The summed E-state index contributed by atoms with van der Waals surface area (Å²) in [5, 5.41) is 6.86. The highest BCUT2D eigenvalue weighted by Gasteiger charge is 2.18. The van der Waals surface area contributed by atoms with Crippen molar-refractivity contribution in [2.75, 3.05) is 19.6 Å². The van der Waals surface area contributed by atoms with Gasteiger partial charge in [0.05, 0.1) is 0 Å². The zero-order valence-corrected chi connectivity index (χ0v) is 6.98. The van der Waals surface area contributed by atoms with E-state index in [0.717, 1.165) is 19.0 Å². The number of piperidine rings is 1. The Hall–Kier alpha value is -0.0800. The van der Waals surface area contributed by atoms with Gasteiger partial charge in [-0.25, -0.2) is 0 Å². The van der Waals surface area contributed by atoms with Gasteiger partial charge in [0, 0.05) is 12.6 Å². The van der Waals surface area contributed by atoms with Crippen molar-refractivity contribution < 1.29 is 0 Å². The molecule has 2 atom stereocenters. The molecule has 2 unspecified atom stereocenters. The lowest BCUT2D eigenvalue weighted by molar-refractivity contribution is 0.301. The average molecular weight is 142 g/mol. The molecule has 1 rings (SSSR count). The minimum atomic E-state index is 0.707. The molecule has 0 aromatic rings. The van der Waals surface area contributed by atoms with Crippen LogP contribution in [0, 0.1) is 5.92 Å². The first-order valence-corrected chi connectivity index (χ1v) is 4.28. The van der Waals surface area contributed by atoms with Crippen molar-refractivity contribution >= 4 is 0 Å². The van der Waals surface area contributed by atoms with Crippen LogP contribution in [0.1, 0.15) is 20.3 Å². The van der Waals surface area contributed by atoms with Gasteiger partial charge in [0.15, 0.2) is 0 Å². The smallest absolute Gasteiger partial charge is 0.0218 e. The molecule has 0 spiro atoms. The summed E-state index contributed by atoms with van der Waals surface area (Å²) in [6.45, 7) is 7.93. The van der Waals surface area contributed by atoms with Crippen molar-refractivity contribution in [1.82, 2.24) is 10.6 Å². The fourth-order valence-electron chi connectivity index (χ4n) is 1.53. The molecule has 0 aromatic carbocycles. The predicted molar refractivity (Wildman–Crippen MR) is 44.1 cm³/mol. The van der Waals surface area contributed by atoms with Crippen LogP contribution in [0.3, 0.4) is 0 Å². The van der Waals surface area contributed by atoms with Crippen molar-refractivity contribution in [3.8, 4) is 0 Å². The fraction of sp³-hybridized carbons (Fsp3) is 1.00. The molecule has 10 heavy (non-hydrogen) atoms. The second kappa shape index (κ2) is 3.94. The molecule has 1 fully saturated rings. The van der Waals surface area contributed by atoms with Gasteiger partial charge in [-0.2, -0.15) is 0 Å². The maximum atomic E-state index is 3.47. The first kappa shape index (κ1) is 8.02. The minimum absolute atomic E-state index is 0.707. The van der Waals surface area contributed by atoms with E-state index in [4.69, 9.17) is 0 Å². The van der Waals surface area contributed by atoms with Gasteiger partial charge in [-0.3, -0.25) is 0 Å². The Kier molecular flexibility index (Phi) is 3.16. The van der Waals surface area contributed by atoms with Crippen molar-refractivity contribution in [2.24, 2.45) is 5.92 Å². The number of nitrogens with one attached hydrogen (secondary N) is 2. The predicted octanol–water partition coefficient (Wildman–Crippen LogP) is 0.594. The first-order valence-electron chi connectivity index (χ1n) is 4.28. The van der Waals surface area contributed by atoms with Crippen molar-refractivity contribution in [3.63, 3.8) is 0 Å². The molecule has 0 saturated carbocycles. The third-order valence-electron chi connectivity index (χ3n) is 2.29. The SMILES string of the molecule is CCNC1CNCCC1C. The fourth-order valence-corrected chi connectivity index (χ4v) is 1.53. The van der Waals surface area contributed by atoms with Gasteiger partial charge in [0.25, 0.3) is 0 Å². The van der Waals surface area contributed by atoms with E-state index in [2.05, 4.69) is 24.5 Å². The Morgan fingerprint density at radius 1 is 1.60 bits per heavy atom. The van der Waals surface area contributed by atoms with Crippen LogP contribution in [-0.2, 0) is 0 Å².